The molecule has 0 aliphatic heterocycles. The number of thiophene rings is 1. The SMILES string of the molecule is C[C@H](c1cccs1)N(C)C(=O)NCCCn1cccn1. The fourth-order valence-corrected chi connectivity index (χ4v) is 2.72. The highest BCUT2D eigenvalue weighted by Crippen LogP contribution is 2.23. The Labute approximate surface area is 123 Å². The lowest BCUT2D eigenvalue weighted by atomic mass is 10.2. The van der Waals surface area contributed by atoms with Gasteiger partial charge in [-0.3, -0.25) is 4.68 Å². The van der Waals surface area contributed by atoms with Gasteiger partial charge >= 0.3 is 6.03 Å². The second-order valence-electron chi connectivity index (χ2n) is 4.66. The quantitative estimate of drug-likeness (QED) is 0.832. The van der Waals surface area contributed by atoms with Crippen LogP contribution in [-0.2, 0) is 6.54 Å². The van der Waals surface area contributed by atoms with Crippen molar-refractivity contribution in [1.29, 1.82) is 0 Å². The monoisotopic (exact) mass is 292 g/mol. The van der Waals surface area contributed by atoms with Crippen molar-refractivity contribution < 1.29 is 4.79 Å². The van der Waals surface area contributed by atoms with E-state index in [-0.39, 0.29) is 12.1 Å². The summed E-state index contributed by atoms with van der Waals surface area (Å²) in [5.74, 6) is 0. The molecule has 0 radical (unpaired) electrons. The molecular weight excluding hydrogens is 272 g/mol. The molecule has 0 saturated carbocycles. The van der Waals surface area contributed by atoms with E-state index in [1.54, 1.807) is 22.4 Å². The molecule has 0 spiro atoms. The molecule has 0 fully saturated rings. The van der Waals surface area contributed by atoms with Crippen LogP contribution in [0.25, 0.3) is 0 Å². The van der Waals surface area contributed by atoms with Crippen LogP contribution in [0.4, 0.5) is 4.79 Å². The smallest absolute Gasteiger partial charge is 0.317 e. The van der Waals surface area contributed by atoms with Crippen LogP contribution in [0.5, 0.6) is 0 Å². The average Bonchev–Trinajstić information content (AvgIpc) is 3.14. The van der Waals surface area contributed by atoms with Crippen molar-refractivity contribution in [3.8, 4) is 0 Å². The van der Waals surface area contributed by atoms with Crippen molar-refractivity contribution in [2.75, 3.05) is 13.6 Å². The van der Waals surface area contributed by atoms with E-state index in [2.05, 4.69) is 16.5 Å². The van der Waals surface area contributed by atoms with Crippen LogP contribution in [0.2, 0.25) is 0 Å². The number of aromatic nitrogens is 2. The Balaban J connectivity index is 1.71. The molecule has 0 aliphatic carbocycles. The van der Waals surface area contributed by atoms with Crippen LogP contribution in [0, 0.1) is 0 Å². The van der Waals surface area contributed by atoms with Gasteiger partial charge in [0.1, 0.15) is 0 Å². The van der Waals surface area contributed by atoms with Gasteiger partial charge in [0.05, 0.1) is 6.04 Å². The van der Waals surface area contributed by atoms with E-state index in [0.29, 0.717) is 6.54 Å². The summed E-state index contributed by atoms with van der Waals surface area (Å²) in [6.07, 6.45) is 4.55. The van der Waals surface area contributed by atoms with Crippen LogP contribution in [0.1, 0.15) is 24.3 Å². The van der Waals surface area contributed by atoms with E-state index in [9.17, 15) is 4.79 Å². The molecule has 5 nitrogen and oxygen atoms in total. The summed E-state index contributed by atoms with van der Waals surface area (Å²) in [6.45, 7) is 3.51. The van der Waals surface area contributed by atoms with Gasteiger partial charge in [-0.2, -0.15) is 5.10 Å². The van der Waals surface area contributed by atoms with Gasteiger partial charge in [-0.1, -0.05) is 6.07 Å². The normalized spacial score (nSPS) is 12.1. The van der Waals surface area contributed by atoms with E-state index in [4.69, 9.17) is 0 Å². The van der Waals surface area contributed by atoms with Crippen LogP contribution >= 0.6 is 11.3 Å². The first-order valence-corrected chi connectivity index (χ1v) is 7.58. The number of aryl methyl sites for hydroxylation is 1. The van der Waals surface area contributed by atoms with Crippen LogP contribution < -0.4 is 5.32 Å². The molecule has 2 aromatic rings. The summed E-state index contributed by atoms with van der Waals surface area (Å²) < 4.78 is 1.87. The zero-order chi connectivity index (χ0) is 14.4. The lowest BCUT2D eigenvalue weighted by Gasteiger charge is -2.24. The van der Waals surface area contributed by atoms with E-state index < -0.39 is 0 Å². The van der Waals surface area contributed by atoms with Gasteiger partial charge < -0.3 is 10.2 Å². The molecular formula is C14H20N4OS. The molecule has 2 aromatic heterocycles. The Hall–Kier alpha value is -1.82. The first kappa shape index (κ1) is 14.6. The van der Waals surface area contributed by atoms with Gasteiger partial charge in [0.25, 0.3) is 0 Å². The number of amides is 2. The molecule has 1 N–H and O–H groups in total. The number of hydrogen-bond acceptors (Lipinski definition) is 3. The van der Waals surface area contributed by atoms with Gasteiger partial charge in [-0.25, -0.2) is 4.79 Å². The van der Waals surface area contributed by atoms with Gasteiger partial charge in [0.2, 0.25) is 0 Å². The molecule has 108 valence electrons. The minimum atomic E-state index is -0.0358. The molecule has 0 unspecified atom stereocenters. The molecule has 1 atom stereocenters. The number of carbonyl (C=O) groups excluding carboxylic acids is 1. The third-order valence-electron chi connectivity index (χ3n) is 3.26. The van der Waals surface area contributed by atoms with Crippen molar-refractivity contribution in [2.45, 2.75) is 25.9 Å². The van der Waals surface area contributed by atoms with Gasteiger partial charge in [-0.15, -0.1) is 11.3 Å². The molecule has 6 heteroatoms. The molecule has 2 rings (SSSR count). The predicted molar refractivity (Wildman–Crippen MR) is 80.7 cm³/mol. The van der Waals surface area contributed by atoms with Crippen molar-refractivity contribution in [2.24, 2.45) is 0 Å². The van der Waals surface area contributed by atoms with E-state index >= 15 is 0 Å². The zero-order valence-corrected chi connectivity index (χ0v) is 12.6. The fraction of sp³-hybridized carbons (Fsp3) is 0.429. The first-order chi connectivity index (χ1) is 9.68. The molecule has 0 saturated heterocycles. The Morgan fingerprint density at radius 2 is 2.40 bits per heavy atom. The van der Waals surface area contributed by atoms with Crippen LogP contribution in [0.3, 0.4) is 0 Å². The van der Waals surface area contributed by atoms with Gasteiger partial charge in [-0.05, 0) is 30.9 Å². The number of rotatable bonds is 6. The predicted octanol–water partition coefficient (Wildman–Crippen LogP) is 2.74. The summed E-state index contributed by atoms with van der Waals surface area (Å²) in [4.78, 5) is 15.0. The van der Waals surface area contributed by atoms with E-state index in [1.165, 1.54) is 4.88 Å². The second kappa shape index (κ2) is 7.09. The molecule has 2 heterocycles. The minimum Gasteiger partial charge on any atom is -0.338 e. The minimum absolute atomic E-state index is 0.0358. The number of urea groups is 1. The lowest BCUT2D eigenvalue weighted by molar-refractivity contribution is 0.195. The fourth-order valence-electron chi connectivity index (χ4n) is 1.89. The Morgan fingerprint density at radius 3 is 3.05 bits per heavy atom. The number of carbonyl (C=O) groups is 1. The third-order valence-corrected chi connectivity index (χ3v) is 4.30. The maximum atomic E-state index is 12.0. The molecule has 0 aromatic carbocycles. The molecule has 0 aliphatic rings. The lowest BCUT2D eigenvalue weighted by Crippen LogP contribution is -2.39. The van der Waals surface area contributed by atoms with E-state index in [0.717, 1.165) is 13.0 Å². The third kappa shape index (κ3) is 3.84. The highest BCUT2D eigenvalue weighted by molar-refractivity contribution is 7.10. The summed E-state index contributed by atoms with van der Waals surface area (Å²) in [5.41, 5.74) is 0. The molecule has 20 heavy (non-hydrogen) atoms. The maximum Gasteiger partial charge on any atom is 0.317 e. The van der Waals surface area contributed by atoms with Gasteiger partial charge in [0.15, 0.2) is 0 Å². The van der Waals surface area contributed by atoms with E-state index in [1.807, 2.05) is 42.4 Å². The zero-order valence-electron chi connectivity index (χ0n) is 11.8. The Morgan fingerprint density at radius 1 is 1.55 bits per heavy atom. The highest BCUT2D eigenvalue weighted by Gasteiger charge is 2.17. The van der Waals surface area contributed by atoms with Crippen molar-refractivity contribution >= 4 is 17.4 Å². The highest BCUT2D eigenvalue weighted by atomic mass is 32.1. The largest absolute Gasteiger partial charge is 0.338 e. The summed E-state index contributed by atoms with van der Waals surface area (Å²) in [5, 5.41) is 9.09. The summed E-state index contributed by atoms with van der Waals surface area (Å²) in [6, 6.07) is 6.02. The van der Waals surface area contributed by atoms with Crippen molar-refractivity contribution in [1.82, 2.24) is 20.0 Å². The average molecular weight is 292 g/mol. The van der Waals surface area contributed by atoms with Crippen LogP contribution in [0.15, 0.2) is 36.0 Å². The van der Waals surface area contributed by atoms with Crippen LogP contribution in [-0.4, -0.2) is 34.3 Å². The van der Waals surface area contributed by atoms with Crippen molar-refractivity contribution in [3.05, 3.63) is 40.8 Å². The number of nitrogens with one attached hydrogen (secondary N) is 1. The number of hydrogen-bond donors (Lipinski definition) is 1. The maximum absolute atomic E-state index is 12.0. The van der Waals surface area contributed by atoms with Gasteiger partial charge in [0, 0.05) is 37.4 Å². The number of nitrogens with zero attached hydrogens (tertiary/aromatic N) is 3. The topological polar surface area (TPSA) is 50.2 Å². The first-order valence-electron chi connectivity index (χ1n) is 6.70. The summed E-state index contributed by atoms with van der Waals surface area (Å²) >= 11 is 1.67. The summed E-state index contributed by atoms with van der Waals surface area (Å²) in [7, 11) is 1.83. The Kier molecular flexibility index (Phi) is 5.17. The Bertz CT molecular complexity index is 509. The van der Waals surface area contributed by atoms with Crippen molar-refractivity contribution in [3.63, 3.8) is 0 Å². The molecule has 0 bridgehead atoms. The standard InChI is InChI=1S/C14H20N4OS/c1-12(13-6-3-11-20-13)17(2)14(19)15-7-4-9-18-10-5-8-16-18/h3,5-6,8,10-12H,4,7,9H2,1-2H3,(H,15,19)/t12-/m1/s1. The second-order valence-corrected chi connectivity index (χ2v) is 5.64. The molecule has 2 amide bonds.